The summed E-state index contributed by atoms with van der Waals surface area (Å²) in [6.07, 6.45) is 3.30. The Balaban J connectivity index is 1.70. The van der Waals surface area contributed by atoms with Crippen LogP contribution in [0, 0.1) is 11.8 Å². The van der Waals surface area contributed by atoms with E-state index in [2.05, 4.69) is 10.3 Å². The largest absolute Gasteiger partial charge is 0.481 e. The van der Waals surface area contributed by atoms with Crippen molar-refractivity contribution in [3.63, 3.8) is 0 Å². The number of rotatable bonds is 4. The molecule has 1 aliphatic rings. The number of aromatic nitrogens is 1. The Kier molecular flexibility index (Phi) is 4.32. The molecule has 1 saturated carbocycles. The van der Waals surface area contributed by atoms with Crippen LogP contribution in [-0.2, 0) is 16.0 Å². The van der Waals surface area contributed by atoms with Gasteiger partial charge in [-0.2, -0.15) is 0 Å². The average molecular weight is 316 g/mol. The maximum Gasteiger partial charge on any atom is 0.306 e. The number of carboxylic acid groups (broad SMARTS) is 1. The lowest BCUT2D eigenvalue weighted by molar-refractivity contribution is -0.143. The molecule has 0 radical (unpaired) electrons. The SMILES string of the molecule is CCc1nc2cc(NC(=O)C3CCCC(C(=O)O)C3)ccc2o1. The van der Waals surface area contributed by atoms with Gasteiger partial charge in [-0.3, -0.25) is 9.59 Å². The van der Waals surface area contributed by atoms with Crippen LogP contribution in [0.4, 0.5) is 5.69 Å². The highest BCUT2D eigenvalue weighted by Crippen LogP contribution is 2.30. The third-order valence-corrected chi connectivity index (χ3v) is 4.40. The van der Waals surface area contributed by atoms with Crippen molar-refractivity contribution in [2.24, 2.45) is 11.8 Å². The molecule has 1 fully saturated rings. The quantitative estimate of drug-likeness (QED) is 0.903. The molecule has 0 spiro atoms. The number of carbonyl (C=O) groups excluding carboxylic acids is 1. The number of fused-ring (bicyclic) bond motifs is 1. The summed E-state index contributed by atoms with van der Waals surface area (Å²) in [6, 6.07) is 5.35. The minimum atomic E-state index is -0.807. The lowest BCUT2D eigenvalue weighted by atomic mass is 9.81. The van der Waals surface area contributed by atoms with Crippen molar-refractivity contribution in [1.29, 1.82) is 0 Å². The second-order valence-electron chi connectivity index (χ2n) is 6.03. The summed E-state index contributed by atoms with van der Waals surface area (Å²) < 4.78 is 5.54. The van der Waals surface area contributed by atoms with Gasteiger partial charge in [0.25, 0.3) is 0 Å². The zero-order valence-corrected chi connectivity index (χ0v) is 13.0. The minimum absolute atomic E-state index is 0.116. The van der Waals surface area contributed by atoms with E-state index in [0.29, 0.717) is 35.5 Å². The number of aryl methyl sites for hydroxylation is 1. The van der Waals surface area contributed by atoms with Crippen molar-refractivity contribution in [2.75, 3.05) is 5.32 Å². The van der Waals surface area contributed by atoms with Gasteiger partial charge in [0.15, 0.2) is 11.5 Å². The summed E-state index contributed by atoms with van der Waals surface area (Å²) in [7, 11) is 0. The van der Waals surface area contributed by atoms with Gasteiger partial charge in [-0.1, -0.05) is 13.3 Å². The molecule has 23 heavy (non-hydrogen) atoms. The highest BCUT2D eigenvalue weighted by molar-refractivity contribution is 5.94. The van der Waals surface area contributed by atoms with E-state index in [1.165, 1.54) is 0 Å². The highest BCUT2D eigenvalue weighted by atomic mass is 16.4. The summed E-state index contributed by atoms with van der Waals surface area (Å²) in [5.74, 6) is -0.915. The van der Waals surface area contributed by atoms with Gasteiger partial charge < -0.3 is 14.8 Å². The number of amides is 1. The van der Waals surface area contributed by atoms with Gasteiger partial charge in [-0.25, -0.2) is 4.98 Å². The molecular weight excluding hydrogens is 296 g/mol. The topological polar surface area (TPSA) is 92.4 Å². The Labute approximate surface area is 133 Å². The van der Waals surface area contributed by atoms with Gasteiger partial charge in [-0.15, -0.1) is 0 Å². The molecule has 1 amide bonds. The maximum atomic E-state index is 12.4. The first-order valence-electron chi connectivity index (χ1n) is 8.00. The molecule has 2 atom stereocenters. The van der Waals surface area contributed by atoms with Gasteiger partial charge in [-0.05, 0) is 37.5 Å². The fraction of sp³-hybridized carbons (Fsp3) is 0.471. The number of anilines is 1. The number of hydrogen-bond donors (Lipinski definition) is 2. The van der Waals surface area contributed by atoms with Crippen molar-refractivity contribution < 1.29 is 19.1 Å². The summed E-state index contributed by atoms with van der Waals surface area (Å²) in [6.45, 7) is 1.97. The van der Waals surface area contributed by atoms with E-state index >= 15 is 0 Å². The minimum Gasteiger partial charge on any atom is -0.481 e. The van der Waals surface area contributed by atoms with Crippen LogP contribution < -0.4 is 5.32 Å². The van der Waals surface area contributed by atoms with Gasteiger partial charge in [0.05, 0.1) is 5.92 Å². The fourth-order valence-electron chi connectivity index (χ4n) is 3.10. The highest BCUT2D eigenvalue weighted by Gasteiger charge is 2.31. The second-order valence-corrected chi connectivity index (χ2v) is 6.03. The third kappa shape index (κ3) is 3.36. The molecule has 6 heteroatoms. The second kappa shape index (κ2) is 6.40. The van der Waals surface area contributed by atoms with E-state index in [1.54, 1.807) is 18.2 Å². The van der Waals surface area contributed by atoms with E-state index in [1.807, 2.05) is 6.92 Å². The molecule has 0 saturated heterocycles. The maximum absolute atomic E-state index is 12.4. The number of oxazole rings is 1. The van der Waals surface area contributed by atoms with Crippen molar-refractivity contribution in [3.8, 4) is 0 Å². The Morgan fingerprint density at radius 3 is 2.87 bits per heavy atom. The molecule has 1 aliphatic carbocycles. The van der Waals surface area contributed by atoms with Crippen molar-refractivity contribution in [1.82, 2.24) is 4.98 Å². The molecule has 2 N–H and O–H groups in total. The molecule has 122 valence electrons. The van der Waals surface area contributed by atoms with Crippen molar-refractivity contribution in [3.05, 3.63) is 24.1 Å². The molecule has 2 unspecified atom stereocenters. The molecule has 2 aromatic rings. The monoisotopic (exact) mass is 316 g/mol. The Morgan fingerprint density at radius 2 is 2.13 bits per heavy atom. The number of carbonyl (C=O) groups is 2. The fourth-order valence-corrected chi connectivity index (χ4v) is 3.10. The van der Waals surface area contributed by atoms with Crippen LogP contribution in [0.5, 0.6) is 0 Å². The van der Waals surface area contributed by atoms with Gasteiger partial charge in [0.1, 0.15) is 5.52 Å². The Bertz CT molecular complexity index is 737. The number of nitrogens with one attached hydrogen (secondary N) is 1. The summed E-state index contributed by atoms with van der Waals surface area (Å²) in [5, 5.41) is 12.0. The van der Waals surface area contributed by atoms with E-state index in [4.69, 9.17) is 9.52 Å². The summed E-state index contributed by atoms with van der Waals surface area (Å²) >= 11 is 0. The summed E-state index contributed by atoms with van der Waals surface area (Å²) in [5.41, 5.74) is 2.08. The first-order chi connectivity index (χ1) is 11.1. The molecule has 0 aliphatic heterocycles. The van der Waals surface area contributed by atoms with E-state index in [9.17, 15) is 9.59 Å². The van der Waals surface area contributed by atoms with E-state index in [-0.39, 0.29) is 11.8 Å². The van der Waals surface area contributed by atoms with E-state index < -0.39 is 11.9 Å². The molecular formula is C17H20N2O4. The number of benzene rings is 1. The summed E-state index contributed by atoms with van der Waals surface area (Å²) in [4.78, 5) is 27.8. The number of carboxylic acids is 1. The van der Waals surface area contributed by atoms with Crippen molar-refractivity contribution in [2.45, 2.75) is 39.0 Å². The van der Waals surface area contributed by atoms with Gasteiger partial charge >= 0.3 is 5.97 Å². The molecule has 1 aromatic heterocycles. The van der Waals surface area contributed by atoms with Gasteiger partial charge in [0, 0.05) is 18.0 Å². The van der Waals surface area contributed by atoms with Crippen LogP contribution >= 0.6 is 0 Å². The van der Waals surface area contributed by atoms with Crippen LogP contribution in [0.15, 0.2) is 22.6 Å². The number of aliphatic carboxylic acids is 1. The normalized spacial score (nSPS) is 21.3. The predicted molar refractivity (Wildman–Crippen MR) is 85.1 cm³/mol. The molecule has 1 aromatic carbocycles. The third-order valence-electron chi connectivity index (χ3n) is 4.40. The lowest BCUT2D eigenvalue weighted by Gasteiger charge is -2.25. The number of hydrogen-bond acceptors (Lipinski definition) is 4. The molecule has 3 rings (SSSR count). The number of nitrogens with zero attached hydrogens (tertiary/aromatic N) is 1. The average Bonchev–Trinajstić information content (AvgIpc) is 2.97. The molecule has 6 nitrogen and oxygen atoms in total. The smallest absolute Gasteiger partial charge is 0.306 e. The predicted octanol–water partition coefficient (Wildman–Crippen LogP) is 3.22. The Hall–Kier alpha value is -2.37. The first kappa shape index (κ1) is 15.5. The van der Waals surface area contributed by atoms with Crippen LogP contribution in [0.2, 0.25) is 0 Å². The van der Waals surface area contributed by atoms with Crippen LogP contribution in [0.1, 0.15) is 38.5 Å². The zero-order valence-electron chi connectivity index (χ0n) is 13.0. The van der Waals surface area contributed by atoms with Crippen molar-refractivity contribution >= 4 is 28.7 Å². The lowest BCUT2D eigenvalue weighted by Crippen LogP contribution is -2.30. The standard InChI is InChI=1S/C17H20N2O4/c1-2-15-19-13-9-12(6-7-14(13)23-15)18-16(20)10-4-3-5-11(8-10)17(21)22/h6-7,9-11H,2-5,8H2,1H3,(H,18,20)(H,21,22). The van der Waals surface area contributed by atoms with Crippen LogP contribution in [0.3, 0.4) is 0 Å². The van der Waals surface area contributed by atoms with Crippen LogP contribution in [0.25, 0.3) is 11.1 Å². The van der Waals surface area contributed by atoms with E-state index in [0.717, 1.165) is 19.3 Å². The first-order valence-corrected chi connectivity index (χ1v) is 8.00. The Morgan fingerprint density at radius 1 is 1.35 bits per heavy atom. The molecule has 1 heterocycles. The van der Waals surface area contributed by atoms with Crippen LogP contribution in [-0.4, -0.2) is 22.0 Å². The van der Waals surface area contributed by atoms with Gasteiger partial charge in [0.2, 0.25) is 5.91 Å². The zero-order chi connectivity index (χ0) is 16.4. The molecule has 0 bridgehead atoms.